The molecule has 1 unspecified atom stereocenters. The van der Waals surface area contributed by atoms with Gasteiger partial charge in [-0.25, -0.2) is 0 Å². The first-order valence-electron chi connectivity index (χ1n) is 13.3. The molecule has 0 bridgehead atoms. The van der Waals surface area contributed by atoms with Crippen LogP contribution in [0, 0.1) is 11.3 Å². The highest BCUT2D eigenvalue weighted by Gasteiger charge is 2.23. The number of amides is 1. The van der Waals surface area contributed by atoms with E-state index in [1.165, 1.54) is 5.69 Å². The minimum absolute atomic E-state index is 0.0114. The lowest BCUT2D eigenvalue weighted by Crippen LogP contribution is -2.49. The molecule has 2 aliphatic heterocycles. The Hall–Kier alpha value is -3.70. The number of morpholine rings is 1. The highest BCUT2D eigenvalue weighted by molar-refractivity contribution is 5.94. The number of ether oxygens (including phenoxy) is 2. The highest BCUT2D eigenvalue weighted by atomic mass is 16.5. The second kappa shape index (κ2) is 12.7. The smallest absolute Gasteiger partial charge is 0.253 e. The van der Waals surface area contributed by atoms with Crippen molar-refractivity contribution in [1.29, 1.82) is 5.26 Å². The monoisotopic (exact) mass is 510 g/mol. The van der Waals surface area contributed by atoms with E-state index in [4.69, 9.17) is 14.7 Å². The molecular weight excluding hydrogens is 476 g/mol. The lowest BCUT2D eigenvalue weighted by Gasteiger charge is -2.35. The fourth-order valence-electron chi connectivity index (χ4n) is 5.07. The molecule has 0 radical (unpaired) electrons. The van der Waals surface area contributed by atoms with Crippen LogP contribution in [0.3, 0.4) is 0 Å². The molecule has 3 aromatic rings. The van der Waals surface area contributed by atoms with E-state index in [-0.39, 0.29) is 12.0 Å². The summed E-state index contributed by atoms with van der Waals surface area (Å²) < 4.78 is 12.0. The van der Waals surface area contributed by atoms with Crippen molar-refractivity contribution in [3.8, 4) is 6.07 Å². The molecule has 38 heavy (non-hydrogen) atoms. The van der Waals surface area contributed by atoms with Gasteiger partial charge in [-0.2, -0.15) is 5.26 Å². The van der Waals surface area contributed by atoms with Crippen LogP contribution >= 0.6 is 0 Å². The van der Waals surface area contributed by atoms with Gasteiger partial charge in [0.1, 0.15) is 6.10 Å². The first kappa shape index (κ1) is 25.9. The first-order chi connectivity index (χ1) is 18.7. The van der Waals surface area contributed by atoms with Crippen molar-refractivity contribution in [3.05, 3.63) is 101 Å². The molecule has 3 aromatic carbocycles. The molecule has 0 aromatic heterocycles. The number of anilines is 1. The van der Waals surface area contributed by atoms with Crippen LogP contribution in [-0.2, 0) is 9.47 Å². The lowest BCUT2D eigenvalue weighted by atomic mass is 10.0. The SMILES string of the molecule is N#Cc1cccc(C(=O)N2CCN(CCOC(c3ccccc3)c3ccc(N4CCOCC4)cc3)CC2)c1. The third-order valence-electron chi connectivity index (χ3n) is 7.26. The van der Waals surface area contributed by atoms with Gasteiger partial charge in [-0.05, 0) is 41.5 Å². The van der Waals surface area contributed by atoms with E-state index in [9.17, 15) is 4.79 Å². The van der Waals surface area contributed by atoms with Gasteiger partial charge in [0.05, 0.1) is 31.5 Å². The predicted octanol–water partition coefficient (Wildman–Crippen LogP) is 3.96. The van der Waals surface area contributed by atoms with Crippen molar-refractivity contribution in [3.63, 3.8) is 0 Å². The van der Waals surface area contributed by atoms with Gasteiger partial charge in [0.2, 0.25) is 0 Å². The van der Waals surface area contributed by atoms with Crippen LogP contribution in [0.1, 0.15) is 33.2 Å². The van der Waals surface area contributed by atoms with Gasteiger partial charge in [0.15, 0.2) is 0 Å². The van der Waals surface area contributed by atoms with E-state index in [2.05, 4.69) is 64.4 Å². The summed E-state index contributed by atoms with van der Waals surface area (Å²) in [7, 11) is 0. The van der Waals surface area contributed by atoms with Crippen LogP contribution < -0.4 is 4.90 Å². The van der Waals surface area contributed by atoms with Gasteiger partial charge >= 0.3 is 0 Å². The Bertz CT molecular complexity index is 1230. The van der Waals surface area contributed by atoms with E-state index in [0.29, 0.717) is 30.8 Å². The Balaban J connectivity index is 1.16. The molecule has 7 nitrogen and oxygen atoms in total. The van der Waals surface area contributed by atoms with Crippen molar-refractivity contribution in [2.45, 2.75) is 6.10 Å². The van der Waals surface area contributed by atoms with Crippen LogP contribution in [0.4, 0.5) is 5.69 Å². The van der Waals surface area contributed by atoms with Crippen molar-refractivity contribution < 1.29 is 14.3 Å². The number of nitriles is 1. The molecular formula is C31H34N4O3. The molecule has 2 fully saturated rings. The quantitative estimate of drug-likeness (QED) is 0.457. The molecule has 1 amide bonds. The topological polar surface area (TPSA) is 69.0 Å². The zero-order valence-electron chi connectivity index (χ0n) is 21.7. The lowest BCUT2D eigenvalue weighted by molar-refractivity contribution is 0.0409. The minimum atomic E-state index is -0.134. The number of carbonyl (C=O) groups excluding carboxylic acids is 1. The van der Waals surface area contributed by atoms with Gasteiger partial charge in [-0.15, -0.1) is 0 Å². The maximum Gasteiger partial charge on any atom is 0.253 e. The summed E-state index contributed by atoms with van der Waals surface area (Å²) in [5, 5.41) is 9.12. The standard InChI is InChI=1S/C31H34N4O3/c32-24-25-5-4-8-28(23-25)31(36)35-15-13-33(14-16-35)17-22-38-30(26-6-2-1-3-7-26)27-9-11-29(12-10-27)34-18-20-37-21-19-34/h1-12,23,30H,13-22H2. The molecule has 0 spiro atoms. The number of benzene rings is 3. The molecule has 2 saturated heterocycles. The first-order valence-corrected chi connectivity index (χ1v) is 13.3. The van der Waals surface area contributed by atoms with Crippen LogP contribution in [0.5, 0.6) is 0 Å². The average molecular weight is 511 g/mol. The molecule has 2 aliphatic rings. The Morgan fingerprint density at radius 1 is 0.868 bits per heavy atom. The number of rotatable bonds is 8. The minimum Gasteiger partial charge on any atom is -0.378 e. The number of nitrogens with zero attached hydrogens (tertiary/aromatic N) is 4. The third-order valence-corrected chi connectivity index (χ3v) is 7.26. The number of hydrogen-bond acceptors (Lipinski definition) is 6. The summed E-state index contributed by atoms with van der Waals surface area (Å²) in [5.74, 6) is -0.0114. The second-order valence-electron chi connectivity index (χ2n) is 9.68. The number of piperazine rings is 1. The maximum absolute atomic E-state index is 12.9. The number of hydrogen-bond donors (Lipinski definition) is 0. The molecule has 1 atom stereocenters. The van der Waals surface area contributed by atoms with Gasteiger partial charge in [0.25, 0.3) is 5.91 Å². The Morgan fingerprint density at radius 3 is 2.29 bits per heavy atom. The fourth-order valence-corrected chi connectivity index (χ4v) is 5.07. The maximum atomic E-state index is 12.9. The molecule has 0 N–H and O–H groups in total. The fraction of sp³-hybridized carbons (Fsp3) is 0.355. The molecule has 0 aliphatic carbocycles. The van der Waals surface area contributed by atoms with E-state index in [0.717, 1.165) is 57.1 Å². The summed E-state index contributed by atoms with van der Waals surface area (Å²) in [4.78, 5) is 19.5. The highest BCUT2D eigenvalue weighted by Crippen LogP contribution is 2.28. The molecule has 0 saturated carbocycles. The van der Waals surface area contributed by atoms with Crippen LogP contribution in [0.25, 0.3) is 0 Å². The zero-order valence-corrected chi connectivity index (χ0v) is 21.7. The van der Waals surface area contributed by atoms with Gasteiger partial charge in [-0.1, -0.05) is 48.5 Å². The van der Waals surface area contributed by atoms with E-state index < -0.39 is 0 Å². The van der Waals surface area contributed by atoms with E-state index >= 15 is 0 Å². The molecule has 7 heteroatoms. The normalized spacial score (nSPS) is 17.1. The summed E-state index contributed by atoms with van der Waals surface area (Å²) >= 11 is 0. The summed E-state index contributed by atoms with van der Waals surface area (Å²) in [6.45, 7) is 7.73. The summed E-state index contributed by atoms with van der Waals surface area (Å²) in [6, 6.07) is 28.1. The zero-order chi connectivity index (χ0) is 26.2. The summed E-state index contributed by atoms with van der Waals surface area (Å²) in [5.41, 5.74) is 4.59. The Morgan fingerprint density at radius 2 is 1.58 bits per heavy atom. The van der Waals surface area contributed by atoms with E-state index in [1.807, 2.05) is 11.0 Å². The average Bonchev–Trinajstić information content (AvgIpc) is 3.00. The van der Waals surface area contributed by atoms with Crippen LogP contribution in [0.15, 0.2) is 78.9 Å². The van der Waals surface area contributed by atoms with Crippen LogP contribution in [0.2, 0.25) is 0 Å². The van der Waals surface area contributed by atoms with Crippen molar-refractivity contribution >= 4 is 11.6 Å². The second-order valence-corrected chi connectivity index (χ2v) is 9.68. The van der Waals surface area contributed by atoms with Gasteiger partial charge in [-0.3, -0.25) is 9.69 Å². The van der Waals surface area contributed by atoms with Crippen molar-refractivity contribution in [2.24, 2.45) is 0 Å². The number of carbonyl (C=O) groups is 1. The van der Waals surface area contributed by atoms with Crippen molar-refractivity contribution in [2.75, 3.05) is 70.5 Å². The molecule has 196 valence electrons. The Labute approximate surface area is 224 Å². The van der Waals surface area contributed by atoms with Crippen LogP contribution in [-0.4, -0.2) is 81.3 Å². The largest absolute Gasteiger partial charge is 0.378 e. The Kier molecular flexibility index (Phi) is 8.67. The molecule has 5 rings (SSSR count). The summed E-state index contributed by atoms with van der Waals surface area (Å²) in [6.07, 6.45) is -0.134. The van der Waals surface area contributed by atoms with Gasteiger partial charge in [0, 0.05) is 57.1 Å². The van der Waals surface area contributed by atoms with Gasteiger partial charge < -0.3 is 19.3 Å². The molecule has 2 heterocycles. The third kappa shape index (κ3) is 6.40. The van der Waals surface area contributed by atoms with E-state index in [1.54, 1.807) is 24.3 Å². The van der Waals surface area contributed by atoms with Crippen molar-refractivity contribution in [1.82, 2.24) is 9.80 Å². The predicted molar refractivity (Wildman–Crippen MR) is 147 cm³/mol.